The number of rotatable bonds is 3. The average Bonchev–Trinajstić information content (AvgIpc) is 2.61. The predicted molar refractivity (Wildman–Crippen MR) is 97.9 cm³/mol. The first-order valence-corrected chi connectivity index (χ1v) is 10.7. The van der Waals surface area contributed by atoms with E-state index in [1.54, 1.807) is 28.6 Å². The Bertz CT molecular complexity index is 699. The van der Waals surface area contributed by atoms with Gasteiger partial charge in [0.25, 0.3) is 5.91 Å². The number of sulfonamides is 1. The van der Waals surface area contributed by atoms with E-state index in [-0.39, 0.29) is 10.8 Å². The van der Waals surface area contributed by atoms with E-state index in [1.807, 2.05) is 4.90 Å². The van der Waals surface area contributed by atoms with Crippen molar-refractivity contribution in [1.29, 1.82) is 0 Å². The molecule has 0 bridgehead atoms. The highest BCUT2D eigenvalue weighted by Gasteiger charge is 2.31. The van der Waals surface area contributed by atoms with Gasteiger partial charge < -0.3 is 4.90 Å². The maximum absolute atomic E-state index is 12.9. The Morgan fingerprint density at radius 1 is 0.960 bits per heavy atom. The zero-order chi connectivity index (χ0) is 18.0. The van der Waals surface area contributed by atoms with E-state index in [1.165, 1.54) is 6.42 Å². The first kappa shape index (κ1) is 18.4. The van der Waals surface area contributed by atoms with E-state index >= 15 is 0 Å². The van der Waals surface area contributed by atoms with Gasteiger partial charge in [-0.05, 0) is 61.8 Å². The van der Waals surface area contributed by atoms with Crippen molar-refractivity contribution >= 4 is 15.9 Å². The lowest BCUT2D eigenvalue weighted by molar-refractivity contribution is 0.0724. The summed E-state index contributed by atoms with van der Waals surface area (Å²) < 4.78 is 27.4. The fourth-order valence-electron chi connectivity index (χ4n) is 4.00. The molecule has 0 aliphatic carbocycles. The van der Waals surface area contributed by atoms with E-state index in [9.17, 15) is 13.2 Å². The Balaban J connectivity index is 1.75. The molecule has 1 aromatic carbocycles. The molecule has 0 radical (unpaired) electrons. The molecule has 2 saturated heterocycles. The van der Waals surface area contributed by atoms with Crippen molar-refractivity contribution in [2.24, 2.45) is 11.8 Å². The van der Waals surface area contributed by atoms with E-state index in [4.69, 9.17) is 0 Å². The molecule has 0 saturated carbocycles. The van der Waals surface area contributed by atoms with Gasteiger partial charge in [-0.1, -0.05) is 13.8 Å². The minimum Gasteiger partial charge on any atom is -0.339 e. The Labute approximate surface area is 151 Å². The molecular weight excluding hydrogens is 336 g/mol. The molecule has 1 aromatic rings. The van der Waals surface area contributed by atoms with Crippen molar-refractivity contribution in [3.63, 3.8) is 0 Å². The van der Waals surface area contributed by atoms with Crippen molar-refractivity contribution in [2.75, 3.05) is 26.2 Å². The number of piperidine rings is 2. The summed E-state index contributed by atoms with van der Waals surface area (Å²) in [6, 6.07) is 6.47. The third kappa shape index (κ3) is 4.06. The van der Waals surface area contributed by atoms with Crippen molar-refractivity contribution < 1.29 is 13.2 Å². The van der Waals surface area contributed by atoms with Gasteiger partial charge in [0.1, 0.15) is 0 Å². The quantitative estimate of drug-likeness (QED) is 0.828. The number of amides is 1. The van der Waals surface area contributed by atoms with Crippen LogP contribution in [0.5, 0.6) is 0 Å². The van der Waals surface area contributed by atoms with Gasteiger partial charge in [-0.15, -0.1) is 0 Å². The van der Waals surface area contributed by atoms with Gasteiger partial charge >= 0.3 is 0 Å². The Hall–Kier alpha value is -1.40. The van der Waals surface area contributed by atoms with Crippen molar-refractivity contribution in [2.45, 2.75) is 44.4 Å². The first-order valence-electron chi connectivity index (χ1n) is 9.27. The number of likely N-dealkylation sites (tertiary alicyclic amines) is 1. The van der Waals surface area contributed by atoms with Crippen LogP contribution in [0.1, 0.15) is 49.9 Å². The molecule has 2 aliphatic heterocycles. The van der Waals surface area contributed by atoms with Crippen LogP contribution in [-0.2, 0) is 10.0 Å². The van der Waals surface area contributed by atoms with Crippen LogP contribution in [-0.4, -0.2) is 49.7 Å². The molecule has 2 aliphatic rings. The SMILES string of the molecule is C[C@@H]1C[C@@H](C)CN(S(=O)(=O)c2ccc(C(=O)N3CCCCC3)cc2)C1. The second-order valence-electron chi connectivity index (χ2n) is 7.65. The van der Waals surface area contributed by atoms with Gasteiger partial charge in [-0.2, -0.15) is 4.31 Å². The van der Waals surface area contributed by atoms with Gasteiger partial charge in [0.2, 0.25) is 10.0 Å². The third-order valence-corrected chi connectivity index (χ3v) is 7.06. The largest absolute Gasteiger partial charge is 0.339 e. The maximum atomic E-state index is 12.9. The molecule has 2 fully saturated rings. The standard InChI is InChI=1S/C19H28N2O3S/c1-15-12-16(2)14-21(13-15)25(23,24)18-8-6-17(7-9-18)19(22)20-10-4-3-5-11-20/h6-9,15-16H,3-5,10-14H2,1-2H3/t15-,16-/m1/s1. The van der Waals surface area contributed by atoms with Crippen molar-refractivity contribution in [3.05, 3.63) is 29.8 Å². The lowest BCUT2D eigenvalue weighted by atomic mass is 9.94. The fourth-order valence-corrected chi connectivity index (χ4v) is 5.68. The first-order chi connectivity index (χ1) is 11.9. The van der Waals surface area contributed by atoms with Gasteiger partial charge in [0, 0.05) is 31.7 Å². The molecule has 3 rings (SSSR count). The minimum absolute atomic E-state index is 0.00358. The van der Waals surface area contributed by atoms with Crippen molar-refractivity contribution in [1.82, 2.24) is 9.21 Å². The molecule has 0 spiro atoms. The zero-order valence-corrected chi connectivity index (χ0v) is 16.0. The van der Waals surface area contributed by atoms with Crippen LogP contribution in [0.2, 0.25) is 0 Å². The highest BCUT2D eigenvalue weighted by atomic mass is 32.2. The van der Waals surface area contributed by atoms with E-state index in [0.717, 1.165) is 32.4 Å². The van der Waals surface area contributed by atoms with Crippen LogP contribution in [0.15, 0.2) is 29.2 Å². The van der Waals surface area contributed by atoms with E-state index in [2.05, 4.69) is 13.8 Å². The summed E-state index contributed by atoms with van der Waals surface area (Å²) in [5.74, 6) is 0.751. The summed E-state index contributed by atoms with van der Waals surface area (Å²) in [6.07, 6.45) is 4.33. The van der Waals surface area contributed by atoms with Crippen LogP contribution in [0.3, 0.4) is 0 Å². The Morgan fingerprint density at radius 3 is 2.08 bits per heavy atom. The molecule has 6 heteroatoms. The third-order valence-electron chi connectivity index (χ3n) is 5.22. The smallest absolute Gasteiger partial charge is 0.253 e. The maximum Gasteiger partial charge on any atom is 0.253 e. The second kappa shape index (κ2) is 7.46. The number of carbonyl (C=O) groups is 1. The Morgan fingerprint density at radius 2 is 1.52 bits per heavy atom. The van der Waals surface area contributed by atoms with Crippen LogP contribution >= 0.6 is 0 Å². The molecule has 2 atom stereocenters. The van der Waals surface area contributed by atoms with Gasteiger partial charge in [-0.25, -0.2) is 8.42 Å². The van der Waals surface area contributed by atoms with Crippen LogP contribution < -0.4 is 0 Å². The van der Waals surface area contributed by atoms with E-state index < -0.39 is 10.0 Å². The lowest BCUT2D eigenvalue weighted by Gasteiger charge is -2.34. The molecule has 25 heavy (non-hydrogen) atoms. The summed E-state index contributed by atoms with van der Waals surface area (Å²) in [4.78, 5) is 14.7. The molecule has 2 heterocycles. The van der Waals surface area contributed by atoms with Crippen molar-refractivity contribution in [3.8, 4) is 0 Å². The normalized spacial score (nSPS) is 25.8. The van der Waals surface area contributed by atoms with Gasteiger partial charge in [0.15, 0.2) is 0 Å². The van der Waals surface area contributed by atoms with E-state index in [0.29, 0.717) is 30.5 Å². The molecule has 138 valence electrons. The summed E-state index contributed by atoms with van der Waals surface area (Å²) in [5, 5.41) is 0. The molecule has 0 aromatic heterocycles. The second-order valence-corrected chi connectivity index (χ2v) is 9.58. The summed E-state index contributed by atoms with van der Waals surface area (Å²) in [7, 11) is -3.49. The number of carbonyl (C=O) groups excluding carboxylic acids is 1. The highest BCUT2D eigenvalue weighted by Crippen LogP contribution is 2.27. The van der Waals surface area contributed by atoms with Gasteiger partial charge in [0.05, 0.1) is 4.90 Å². The molecule has 1 amide bonds. The molecule has 0 N–H and O–H groups in total. The van der Waals surface area contributed by atoms with Crippen LogP contribution in [0.25, 0.3) is 0 Å². The number of hydrogen-bond donors (Lipinski definition) is 0. The highest BCUT2D eigenvalue weighted by molar-refractivity contribution is 7.89. The minimum atomic E-state index is -3.49. The molecular formula is C19H28N2O3S. The summed E-state index contributed by atoms with van der Waals surface area (Å²) in [6.45, 7) is 6.92. The molecule has 5 nitrogen and oxygen atoms in total. The average molecular weight is 365 g/mol. The fraction of sp³-hybridized carbons (Fsp3) is 0.632. The van der Waals surface area contributed by atoms with Gasteiger partial charge in [-0.3, -0.25) is 4.79 Å². The number of benzene rings is 1. The summed E-state index contributed by atoms with van der Waals surface area (Å²) in [5.41, 5.74) is 0.571. The van der Waals surface area contributed by atoms with Crippen LogP contribution in [0, 0.1) is 11.8 Å². The summed E-state index contributed by atoms with van der Waals surface area (Å²) >= 11 is 0. The lowest BCUT2D eigenvalue weighted by Crippen LogP contribution is -2.42. The number of hydrogen-bond acceptors (Lipinski definition) is 3. The zero-order valence-electron chi connectivity index (χ0n) is 15.1. The topological polar surface area (TPSA) is 57.7 Å². The Kier molecular flexibility index (Phi) is 5.49. The number of nitrogens with zero attached hydrogens (tertiary/aromatic N) is 2. The molecule has 0 unspecified atom stereocenters. The van der Waals surface area contributed by atoms with Crippen LogP contribution in [0.4, 0.5) is 0 Å². The predicted octanol–water partition coefficient (Wildman–Crippen LogP) is 2.98. The monoisotopic (exact) mass is 364 g/mol.